The Hall–Kier alpha value is -0.570. The Morgan fingerprint density at radius 1 is 1.50 bits per heavy atom. The molecule has 1 aromatic heterocycles. The first-order chi connectivity index (χ1) is 6.65. The summed E-state index contributed by atoms with van der Waals surface area (Å²) < 4.78 is 1.07. The van der Waals surface area contributed by atoms with Crippen molar-refractivity contribution in [1.29, 1.82) is 0 Å². The van der Waals surface area contributed by atoms with E-state index < -0.39 is 0 Å². The van der Waals surface area contributed by atoms with Crippen molar-refractivity contribution in [2.24, 2.45) is 0 Å². The van der Waals surface area contributed by atoms with Gasteiger partial charge in [-0.1, -0.05) is 13.3 Å². The molecule has 0 atom stereocenters. The third kappa shape index (κ3) is 2.98. The van der Waals surface area contributed by atoms with Gasteiger partial charge in [-0.15, -0.1) is 0 Å². The molecule has 0 amide bonds. The maximum Gasteiger partial charge on any atom is 0.128 e. The van der Waals surface area contributed by atoms with Crippen LogP contribution >= 0.6 is 15.9 Å². The van der Waals surface area contributed by atoms with Gasteiger partial charge in [-0.25, -0.2) is 4.98 Å². The first kappa shape index (κ1) is 11.5. The number of rotatable bonds is 4. The topological polar surface area (TPSA) is 16.1 Å². The predicted molar refractivity (Wildman–Crippen MR) is 64.9 cm³/mol. The van der Waals surface area contributed by atoms with Crippen LogP contribution in [0.3, 0.4) is 0 Å². The van der Waals surface area contributed by atoms with E-state index in [9.17, 15) is 0 Å². The summed E-state index contributed by atoms with van der Waals surface area (Å²) in [5.74, 6) is 1.05. The Balaban J connectivity index is 2.70. The van der Waals surface area contributed by atoms with Crippen molar-refractivity contribution in [2.75, 3.05) is 18.5 Å². The number of halogens is 1. The maximum atomic E-state index is 4.37. The summed E-state index contributed by atoms with van der Waals surface area (Å²) in [7, 11) is 2.09. The lowest BCUT2D eigenvalue weighted by atomic mass is 10.2. The maximum absolute atomic E-state index is 4.37. The van der Waals surface area contributed by atoms with Gasteiger partial charge in [-0.3, -0.25) is 0 Å². The molecule has 1 aromatic rings. The van der Waals surface area contributed by atoms with E-state index in [1.54, 1.807) is 0 Å². The van der Waals surface area contributed by atoms with Crippen molar-refractivity contribution in [1.82, 2.24) is 4.98 Å². The van der Waals surface area contributed by atoms with Crippen molar-refractivity contribution in [3.8, 4) is 0 Å². The summed E-state index contributed by atoms with van der Waals surface area (Å²) in [5, 5.41) is 0. The summed E-state index contributed by atoms with van der Waals surface area (Å²) >= 11 is 3.45. The number of pyridine rings is 1. The van der Waals surface area contributed by atoms with Gasteiger partial charge in [0.1, 0.15) is 5.82 Å². The van der Waals surface area contributed by atoms with Crippen LogP contribution < -0.4 is 4.90 Å². The van der Waals surface area contributed by atoms with E-state index in [0.29, 0.717) is 0 Å². The summed E-state index contributed by atoms with van der Waals surface area (Å²) in [4.78, 5) is 6.57. The Labute approximate surface area is 94.5 Å². The van der Waals surface area contributed by atoms with E-state index >= 15 is 0 Å². The summed E-state index contributed by atoms with van der Waals surface area (Å²) in [6.07, 6.45) is 4.31. The molecule has 0 radical (unpaired) electrons. The average molecular weight is 257 g/mol. The van der Waals surface area contributed by atoms with Crippen LogP contribution in [0.25, 0.3) is 0 Å². The second-order valence-electron chi connectivity index (χ2n) is 3.57. The highest BCUT2D eigenvalue weighted by molar-refractivity contribution is 9.10. The Kier molecular flexibility index (Phi) is 4.39. The zero-order valence-corrected chi connectivity index (χ0v) is 10.6. The molecule has 0 aliphatic heterocycles. The molecule has 0 N–H and O–H groups in total. The van der Waals surface area contributed by atoms with Gasteiger partial charge in [-0.05, 0) is 40.9 Å². The molecular formula is C11H17BrN2. The number of hydrogen-bond acceptors (Lipinski definition) is 2. The Morgan fingerprint density at radius 3 is 2.79 bits per heavy atom. The zero-order chi connectivity index (χ0) is 10.6. The highest BCUT2D eigenvalue weighted by Gasteiger charge is 2.03. The average Bonchev–Trinajstić information content (AvgIpc) is 2.18. The molecule has 3 heteroatoms. The van der Waals surface area contributed by atoms with Crippen molar-refractivity contribution in [2.45, 2.75) is 26.7 Å². The second-order valence-corrected chi connectivity index (χ2v) is 4.42. The third-order valence-corrected chi connectivity index (χ3v) is 3.10. The summed E-state index contributed by atoms with van der Waals surface area (Å²) in [6.45, 7) is 5.36. The number of nitrogens with zero attached hydrogens (tertiary/aromatic N) is 2. The minimum absolute atomic E-state index is 1.05. The number of aromatic nitrogens is 1. The van der Waals surface area contributed by atoms with Crippen LogP contribution in [0.4, 0.5) is 5.82 Å². The van der Waals surface area contributed by atoms with Crippen LogP contribution in [0.5, 0.6) is 0 Å². The van der Waals surface area contributed by atoms with Gasteiger partial charge in [0.15, 0.2) is 0 Å². The number of anilines is 1. The molecule has 78 valence electrons. The van der Waals surface area contributed by atoms with Gasteiger partial charge in [0, 0.05) is 24.3 Å². The molecule has 1 heterocycles. The van der Waals surface area contributed by atoms with Crippen LogP contribution in [0.2, 0.25) is 0 Å². The molecular weight excluding hydrogens is 240 g/mol. The van der Waals surface area contributed by atoms with Crippen LogP contribution in [-0.4, -0.2) is 18.6 Å². The standard InChI is InChI=1S/C11H17BrN2/c1-4-5-6-14(3)11-7-9(2)10(12)8-13-11/h7-8H,4-6H2,1-3H3. The van der Waals surface area contributed by atoms with Gasteiger partial charge in [-0.2, -0.15) is 0 Å². The molecule has 0 fully saturated rings. The van der Waals surface area contributed by atoms with E-state index in [2.05, 4.69) is 52.8 Å². The van der Waals surface area contributed by atoms with Gasteiger partial charge in [0.2, 0.25) is 0 Å². The quantitative estimate of drug-likeness (QED) is 0.821. The molecule has 0 bridgehead atoms. The van der Waals surface area contributed by atoms with Crippen LogP contribution in [0, 0.1) is 6.92 Å². The van der Waals surface area contributed by atoms with E-state index in [4.69, 9.17) is 0 Å². The molecule has 0 aliphatic carbocycles. The monoisotopic (exact) mass is 256 g/mol. The van der Waals surface area contributed by atoms with Crippen LogP contribution in [-0.2, 0) is 0 Å². The second kappa shape index (κ2) is 5.35. The minimum atomic E-state index is 1.05. The molecule has 1 rings (SSSR count). The predicted octanol–water partition coefficient (Wildman–Crippen LogP) is 3.39. The molecule has 14 heavy (non-hydrogen) atoms. The molecule has 0 unspecified atom stereocenters. The largest absolute Gasteiger partial charge is 0.360 e. The molecule has 0 saturated heterocycles. The number of unbranched alkanes of at least 4 members (excludes halogenated alkanes) is 1. The van der Waals surface area contributed by atoms with E-state index in [1.165, 1.54) is 18.4 Å². The molecule has 0 aliphatic rings. The highest BCUT2D eigenvalue weighted by Crippen LogP contribution is 2.19. The van der Waals surface area contributed by atoms with E-state index in [-0.39, 0.29) is 0 Å². The van der Waals surface area contributed by atoms with Gasteiger partial charge in [0.25, 0.3) is 0 Å². The number of hydrogen-bond donors (Lipinski definition) is 0. The van der Waals surface area contributed by atoms with Crippen LogP contribution in [0.15, 0.2) is 16.7 Å². The third-order valence-electron chi connectivity index (χ3n) is 2.27. The fraction of sp³-hybridized carbons (Fsp3) is 0.545. The molecule has 2 nitrogen and oxygen atoms in total. The lowest BCUT2D eigenvalue weighted by molar-refractivity contribution is 0.759. The zero-order valence-electron chi connectivity index (χ0n) is 9.05. The Morgan fingerprint density at radius 2 is 2.21 bits per heavy atom. The smallest absolute Gasteiger partial charge is 0.128 e. The highest BCUT2D eigenvalue weighted by atomic mass is 79.9. The fourth-order valence-electron chi connectivity index (χ4n) is 1.24. The lowest BCUT2D eigenvalue weighted by Crippen LogP contribution is -2.19. The Bertz CT molecular complexity index is 299. The lowest BCUT2D eigenvalue weighted by Gasteiger charge is -2.18. The van der Waals surface area contributed by atoms with Crippen molar-refractivity contribution in [3.63, 3.8) is 0 Å². The minimum Gasteiger partial charge on any atom is -0.360 e. The summed E-state index contributed by atoms with van der Waals surface area (Å²) in [5.41, 5.74) is 1.23. The number of aryl methyl sites for hydroxylation is 1. The van der Waals surface area contributed by atoms with Crippen molar-refractivity contribution in [3.05, 3.63) is 22.3 Å². The van der Waals surface area contributed by atoms with Crippen LogP contribution in [0.1, 0.15) is 25.3 Å². The molecule has 0 saturated carbocycles. The normalized spacial score (nSPS) is 10.3. The first-order valence-electron chi connectivity index (χ1n) is 4.98. The van der Waals surface area contributed by atoms with Gasteiger partial charge >= 0.3 is 0 Å². The van der Waals surface area contributed by atoms with E-state index in [1.807, 2.05) is 6.20 Å². The van der Waals surface area contributed by atoms with Crippen molar-refractivity contribution >= 4 is 21.7 Å². The van der Waals surface area contributed by atoms with E-state index in [0.717, 1.165) is 16.8 Å². The van der Waals surface area contributed by atoms with Gasteiger partial charge in [0.05, 0.1) is 0 Å². The molecule has 0 spiro atoms. The fourth-order valence-corrected chi connectivity index (χ4v) is 1.46. The SMILES string of the molecule is CCCCN(C)c1cc(C)c(Br)cn1. The van der Waals surface area contributed by atoms with Gasteiger partial charge < -0.3 is 4.90 Å². The first-order valence-corrected chi connectivity index (χ1v) is 5.77. The molecule has 0 aromatic carbocycles. The summed E-state index contributed by atoms with van der Waals surface area (Å²) in [6, 6.07) is 2.11. The van der Waals surface area contributed by atoms with Crippen molar-refractivity contribution < 1.29 is 0 Å².